The molecule has 2 rings (SSSR count). The highest BCUT2D eigenvalue weighted by Crippen LogP contribution is 2.23. The Labute approximate surface area is 422 Å². The lowest BCUT2D eigenvalue weighted by Gasteiger charge is -2.23. The van der Waals surface area contributed by atoms with Gasteiger partial charge in [-0.1, -0.05) is 143 Å². The van der Waals surface area contributed by atoms with Crippen molar-refractivity contribution in [3.8, 4) is 0 Å². The van der Waals surface area contributed by atoms with Gasteiger partial charge in [-0.2, -0.15) is 0 Å². The minimum absolute atomic E-state index is 0.119. The minimum Gasteiger partial charge on any atom is -0.466 e. The normalized spacial score (nSPS) is 16.6. The molecule has 2 unspecified atom stereocenters. The van der Waals surface area contributed by atoms with Crippen LogP contribution in [0.1, 0.15) is 233 Å². The lowest BCUT2D eigenvalue weighted by molar-refractivity contribution is -0.159. The van der Waals surface area contributed by atoms with Gasteiger partial charge >= 0.3 is 17.9 Å². The first-order chi connectivity index (χ1) is 33.9. The average Bonchev–Trinajstić information content (AvgIpc) is 4.03. The number of hydrogen-bond donors (Lipinski definition) is 0. The van der Waals surface area contributed by atoms with Gasteiger partial charge in [-0.15, -0.1) is 0 Å². The van der Waals surface area contributed by atoms with Crippen molar-refractivity contribution in [2.24, 2.45) is 0 Å². The fourth-order valence-corrected chi connectivity index (χ4v) is 9.03. The molecule has 0 aromatic heterocycles. The summed E-state index contributed by atoms with van der Waals surface area (Å²) in [5.74, 6) is -0.696. The molecule has 2 heterocycles. The molecule has 2 saturated heterocycles. The minimum atomic E-state index is -0.405. The zero-order valence-electron chi connectivity index (χ0n) is 45.0. The van der Waals surface area contributed by atoms with E-state index in [1.165, 1.54) is 103 Å². The summed E-state index contributed by atoms with van der Waals surface area (Å²) in [6, 6.07) is -0.405. The summed E-state index contributed by atoms with van der Waals surface area (Å²) < 4.78 is 47.8. The molecule has 0 bridgehead atoms. The maximum atomic E-state index is 13.4. The molecule has 13 heteroatoms. The maximum absolute atomic E-state index is 13.4. The number of ether oxygens (including phenoxy) is 8. The predicted octanol–water partition coefficient (Wildman–Crippen LogP) is 12.3. The van der Waals surface area contributed by atoms with E-state index in [-0.39, 0.29) is 49.8 Å². The molecule has 406 valence electrons. The van der Waals surface area contributed by atoms with E-state index in [0.717, 1.165) is 77.4 Å². The molecule has 0 amide bonds. The zero-order valence-corrected chi connectivity index (χ0v) is 45.0. The van der Waals surface area contributed by atoms with Crippen LogP contribution in [0.25, 0.3) is 0 Å². The monoisotopic (exact) mass is 983 g/mol. The summed E-state index contributed by atoms with van der Waals surface area (Å²) in [7, 11) is 0. The van der Waals surface area contributed by atoms with Crippen LogP contribution in [0.15, 0.2) is 0 Å². The number of hydrogen-bond acceptors (Lipinski definition) is 13. The molecule has 0 radical (unpaired) electrons. The second kappa shape index (κ2) is 46.0. The fourth-order valence-electron chi connectivity index (χ4n) is 9.03. The second-order valence-corrected chi connectivity index (χ2v) is 19.7. The van der Waals surface area contributed by atoms with Gasteiger partial charge in [0.1, 0.15) is 12.6 Å². The van der Waals surface area contributed by atoms with Crippen LogP contribution in [0.2, 0.25) is 0 Å². The first kappa shape index (κ1) is 63.2. The summed E-state index contributed by atoms with van der Waals surface area (Å²) >= 11 is 0. The standard InChI is InChI=1S/C56H106N2O11/c1-5-9-13-17-21-27-44-67-55(68-45-28-22-18-14-10-6-2)35-33-53(60)64-46-31-38-58-49-50(48-51(58)56(61)69-47-39-57-36-23-24-37-57)62-40-29-30-41-63-52(59)32-34-54(65-42-25-19-15-11-7-3)66-43-26-20-16-12-8-4/h50-51,54-55H,5-49H2,1-4H3. The summed E-state index contributed by atoms with van der Waals surface area (Å²) in [5.41, 5.74) is 0. The SMILES string of the molecule is CCCCCCCCOC(CCC(=O)OCCCN1CC(OCCCCOC(=O)CCC(OCCCCCCC)OCCCCCCC)CC1C(=O)OCCN1CCCC1)OCCCCCCCC. The number of carbonyl (C=O) groups is 3. The van der Waals surface area contributed by atoms with Crippen molar-refractivity contribution in [2.75, 3.05) is 85.6 Å². The molecule has 0 aliphatic carbocycles. The Morgan fingerprint density at radius 3 is 1.32 bits per heavy atom. The fraction of sp³-hybridized carbons (Fsp3) is 0.946. The van der Waals surface area contributed by atoms with E-state index in [2.05, 4.69) is 37.5 Å². The second-order valence-electron chi connectivity index (χ2n) is 19.7. The number of unbranched alkanes of at least 4 members (excludes halogenated alkanes) is 19. The van der Waals surface area contributed by atoms with Gasteiger partial charge in [0.25, 0.3) is 0 Å². The zero-order chi connectivity index (χ0) is 49.7. The van der Waals surface area contributed by atoms with E-state index in [1.807, 2.05) is 0 Å². The van der Waals surface area contributed by atoms with Gasteiger partial charge in [-0.05, 0) is 70.9 Å². The van der Waals surface area contributed by atoms with E-state index in [9.17, 15) is 14.4 Å². The van der Waals surface area contributed by atoms with Crippen LogP contribution < -0.4 is 0 Å². The summed E-state index contributed by atoms with van der Waals surface area (Å²) in [6.07, 6.45) is 31.6. The number of rotatable bonds is 50. The van der Waals surface area contributed by atoms with Crippen LogP contribution in [0.5, 0.6) is 0 Å². The largest absolute Gasteiger partial charge is 0.466 e. The highest BCUT2D eigenvalue weighted by molar-refractivity contribution is 5.76. The molecule has 2 aliphatic rings. The Hall–Kier alpha value is -1.87. The summed E-state index contributed by atoms with van der Waals surface area (Å²) in [6.45, 7) is 17.1. The van der Waals surface area contributed by atoms with Gasteiger partial charge in [0, 0.05) is 71.9 Å². The molecule has 0 aromatic rings. The summed E-state index contributed by atoms with van der Waals surface area (Å²) in [4.78, 5) is 43.5. The third kappa shape index (κ3) is 35.8. The van der Waals surface area contributed by atoms with Crippen LogP contribution in [-0.2, 0) is 52.3 Å². The van der Waals surface area contributed by atoms with Gasteiger partial charge in [0.2, 0.25) is 0 Å². The molecule has 0 saturated carbocycles. The Morgan fingerprint density at radius 2 is 0.855 bits per heavy atom. The van der Waals surface area contributed by atoms with Crippen molar-refractivity contribution >= 4 is 17.9 Å². The third-order valence-corrected chi connectivity index (χ3v) is 13.4. The summed E-state index contributed by atoms with van der Waals surface area (Å²) in [5, 5.41) is 0. The number of likely N-dealkylation sites (tertiary alicyclic amines) is 2. The lowest BCUT2D eigenvalue weighted by atomic mass is 10.1. The molecular formula is C56H106N2O11. The molecule has 0 spiro atoms. The third-order valence-electron chi connectivity index (χ3n) is 13.4. The lowest BCUT2D eigenvalue weighted by Crippen LogP contribution is -2.39. The van der Waals surface area contributed by atoms with Crippen molar-refractivity contribution in [1.82, 2.24) is 9.80 Å². The predicted molar refractivity (Wildman–Crippen MR) is 276 cm³/mol. The first-order valence-corrected chi connectivity index (χ1v) is 28.9. The van der Waals surface area contributed by atoms with Gasteiger partial charge in [0.05, 0.1) is 32.2 Å². The number of carbonyl (C=O) groups excluding carboxylic acids is 3. The van der Waals surface area contributed by atoms with E-state index in [0.29, 0.717) is 91.4 Å². The van der Waals surface area contributed by atoms with Crippen LogP contribution in [-0.4, -0.2) is 138 Å². The van der Waals surface area contributed by atoms with Crippen molar-refractivity contribution in [2.45, 2.75) is 258 Å². The van der Waals surface area contributed by atoms with Crippen molar-refractivity contribution in [3.05, 3.63) is 0 Å². The topological polar surface area (TPSA) is 132 Å². The van der Waals surface area contributed by atoms with E-state index < -0.39 is 12.3 Å². The molecule has 0 N–H and O–H groups in total. The average molecular weight is 983 g/mol. The van der Waals surface area contributed by atoms with Crippen LogP contribution in [0, 0.1) is 0 Å². The van der Waals surface area contributed by atoms with E-state index in [4.69, 9.17) is 37.9 Å². The smallest absolute Gasteiger partial charge is 0.323 e. The van der Waals surface area contributed by atoms with E-state index in [1.54, 1.807) is 0 Å². The van der Waals surface area contributed by atoms with Crippen LogP contribution >= 0.6 is 0 Å². The molecule has 13 nitrogen and oxygen atoms in total. The van der Waals surface area contributed by atoms with Crippen LogP contribution in [0.4, 0.5) is 0 Å². The van der Waals surface area contributed by atoms with Gasteiger partial charge in [-0.3, -0.25) is 24.2 Å². The molecule has 69 heavy (non-hydrogen) atoms. The molecule has 2 atom stereocenters. The first-order valence-electron chi connectivity index (χ1n) is 28.9. The quantitative estimate of drug-likeness (QED) is 0.0248. The highest BCUT2D eigenvalue weighted by Gasteiger charge is 2.38. The Bertz CT molecular complexity index is 1160. The molecular weight excluding hydrogens is 877 g/mol. The van der Waals surface area contributed by atoms with Gasteiger partial charge in [-0.25, -0.2) is 0 Å². The van der Waals surface area contributed by atoms with Gasteiger partial charge < -0.3 is 37.9 Å². The Morgan fingerprint density at radius 1 is 0.449 bits per heavy atom. The molecule has 0 aromatic carbocycles. The Kier molecular flexibility index (Phi) is 42.1. The highest BCUT2D eigenvalue weighted by atomic mass is 16.7. The van der Waals surface area contributed by atoms with Crippen molar-refractivity contribution in [3.63, 3.8) is 0 Å². The molecule has 2 fully saturated rings. The van der Waals surface area contributed by atoms with Crippen molar-refractivity contribution in [1.29, 1.82) is 0 Å². The number of esters is 3. The number of nitrogens with zero attached hydrogens (tertiary/aromatic N) is 2. The Balaban J connectivity index is 1.76. The molecule has 2 aliphatic heterocycles. The maximum Gasteiger partial charge on any atom is 0.323 e. The van der Waals surface area contributed by atoms with Crippen molar-refractivity contribution < 1.29 is 52.3 Å². The van der Waals surface area contributed by atoms with Gasteiger partial charge in [0.15, 0.2) is 12.6 Å². The van der Waals surface area contributed by atoms with Crippen LogP contribution in [0.3, 0.4) is 0 Å². The van der Waals surface area contributed by atoms with E-state index >= 15 is 0 Å².